The maximum absolute atomic E-state index is 11.5. The average Bonchev–Trinajstić information content (AvgIpc) is 3.04. The Morgan fingerprint density at radius 3 is 2.35 bits per heavy atom. The van der Waals surface area contributed by atoms with E-state index in [0.717, 1.165) is 58.6 Å². The Labute approximate surface area is 254 Å². The largest absolute Gasteiger partial charge is 0.392 e. The van der Waals surface area contributed by atoms with Gasteiger partial charge in [-0.15, -0.1) is 0 Å². The average molecular weight is 580 g/mol. The van der Waals surface area contributed by atoms with Gasteiger partial charge in [-0.3, -0.25) is 9.78 Å². The third-order valence-electron chi connectivity index (χ3n) is 8.13. The van der Waals surface area contributed by atoms with Crippen LogP contribution in [0.2, 0.25) is 0 Å². The molecule has 0 aliphatic carbocycles. The van der Waals surface area contributed by atoms with Gasteiger partial charge in [0.1, 0.15) is 0 Å². The minimum atomic E-state index is -0.531. The van der Waals surface area contributed by atoms with Crippen molar-refractivity contribution in [3.63, 3.8) is 0 Å². The van der Waals surface area contributed by atoms with E-state index in [1.165, 1.54) is 6.92 Å². The summed E-state index contributed by atoms with van der Waals surface area (Å²) >= 11 is 0. The van der Waals surface area contributed by atoms with E-state index in [1.54, 1.807) is 0 Å². The number of hydrogen-bond donors (Lipinski definition) is 2. The molecular formula is C36H41N3O4. The molecule has 0 spiro atoms. The molecule has 43 heavy (non-hydrogen) atoms. The summed E-state index contributed by atoms with van der Waals surface area (Å²) in [6.45, 7) is 5.84. The van der Waals surface area contributed by atoms with Crippen molar-refractivity contribution in [3.05, 3.63) is 125 Å². The van der Waals surface area contributed by atoms with Crippen LogP contribution in [0.3, 0.4) is 0 Å². The summed E-state index contributed by atoms with van der Waals surface area (Å²) in [6.07, 6.45) is 1.95. The summed E-state index contributed by atoms with van der Waals surface area (Å²) in [5.41, 5.74) is 7.18. The third kappa shape index (κ3) is 7.94. The van der Waals surface area contributed by atoms with Crippen LogP contribution >= 0.6 is 0 Å². The maximum atomic E-state index is 11.5. The van der Waals surface area contributed by atoms with Crippen LogP contribution in [-0.2, 0) is 33.8 Å². The zero-order chi connectivity index (χ0) is 30.2. The molecule has 0 unspecified atom stereocenters. The predicted octanol–water partition coefficient (Wildman–Crippen LogP) is 5.84. The number of nitrogens with one attached hydrogen (secondary N) is 1. The Kier molecular flexibility index (Phi) is 10.3. The van der Waals surface area contributed by atoms with E-state index in [4.69, 9.17) is 9.47 Å². The molecule has 0 radical (unpaired) electrons. The molecule has 2 N–H and O–H groups in total. The van der Waals surface area contributed by atoms with Crippen molar-refractivity contribution >= 4 is 5.91 Å². The molecule has 2 heterocycles. The van der Waals surface area contributed by atoms with Crippen LogP contribution in [0.1, 0.15) is 54.2 Å². The zero-order valence-electron chi connectivity index (χ0n) is 25.1. The third-order valence-corrected chi connectivity index (χ3v) is 8.13. The number of likely N-dealkylation sites (N-methyl/N-ethyl adjacent to an activating group) is 1. The summed E-state index contributed by atoms with van der Waals surface area (Å²) in [6, 6.07) is 30.5. The summed E-state index contributed by atoms with van der Waals surface area (Å²) in [4.78, 5) is 18.3. The number of aliphatic hydroxyl groups is 1. The van der Waals surface area contributed by atoms with Gasteiger partial charge in [-0.2, -0.15) is 0 Å². The van der Waals surface area contributed by atoms with Gasteiger partial charge in [0.2, 0.25) is 5.91 Å². The van der Waals surface area contributed by atoms with Crippen molar-refractivity contribution in [3.8, 4) is 11.1 Å². The number of aliphatic hydroxyl groups excluding tert-OH is 1. The lowest BCUT2D eigenvalue weighted by atomic mass is 9.90. The van der Waals surface area contributed by atoms with Gasteiger partial charge >= 0.3 is 0 Å². The second-order valence-corrected chi connectivity index (χ2v) is 11.3. The monoisotopic (exact) mass is 579 g/mol. The van der Waals surface area contributed by atoms with E-state index < -0.39 is 6.29 Å². The molecule has 1 saturated heterocycles. The molecule has 5 rings (SSSR count). The molecule has 7 heteroatoms. The minimum Gasteiger partial charge on any atom is -0.392 e. The van der Waals surface area contributed by atoms with E-state index in [1.807, 2.05) is 60.8 Å². The SMILES string of the molecule is CC(=O)NCc1ccccc1-c1ccc([C@@H]2O[C@H](CN(C)CCc3ccccn3)[C@H](C)[C@H](c3ccc(CO)cc3)O2)cc1. The Morgan fingerprint density at radius 2 is 1.65 bits per heavy atom. The Morgan fingerprint density at radius 1 is 0.930 bits per heavy atom. The number of pyridine rings is 1. The van der Waals surface area contributed by atoms with Crippen molar-refractivity contribution < 1.29 is 19.4 Å². The molecule has 1 aliphatic rings. The number of carbonyl (C=O) groups excluding carboxylic acids is 1. The Balaban J connectivity index is 1.36. The van der Waals surface area contributed by atoms with E-state index in [0.29, 0.717) is 6.54 Å². The van der Waals surface area contributed by atoms with Crippen molar-refractivity contribution in [2.45, 2.75) is 51.9 Å². The van der Waals surface area contributed by atoms with Gasteiger partial charge in [0.15, 0.2) is 6.29 Å². The molecule has 4 atom stereocenters. The van der Waals surface area contributed by atoms with Gasteiger partial charge < -0.3 is 24.8 Å². The normalized spacial score (nSPS) is 20.2. The van der Waals surface area contributed by atoms with Crippen LogP contribution in [0.4, 0.5) is 0 Å². The lowest BCUT2D eigenvalue weighted by molar-refractivity contribution is -0.275. The van der Waals surface area contributed by atoms with Gasteiger partial charge in [-0.1, -0.05) is 85.8 Å². The molecule has 1 amide bonds. The number of carbonyl (C=O) groups is 1. The van der Waals surface area contributed by atoms with E-state index in [-0.39, 0.29) is 30.6 Å². The molecule has 7 nitrogen and oxygen atoms in total. The van der Waals surface area contributed by atoms with Gasteiger partial charge in [0.25, 0.3) is 0 Å². The highest BCUT2D eigenvalue weighted by molar-refractivity contribution is 5.74. The first-order chi connectivity index (χ1) is 20.9. The smallest absolute Gasteiger partial charge is 0.217 e. The summed E-state index contributed by atoms with van der Waals surface area (Å²) < 4.78 is 13.3. The second-order valence-electron chi connectivity index (χ2n) is 11.3. The van der Waals surface area contributed by atoms with E-state index in [9.17, 15) is 9.90 Å². The number of benzene rings is 3. The van der Waals surface area contributed by atoms with Crippen LogP contribution in [0.25, 0.3) is 11.1 Å². The van der Waals surface area contributed by atoms with Gasteiger partial charge in [-0.25, -0.2) is 0 Å². The van der Waals surface area contributed by atoms with Crippen molar-refractivity contribution in [1.29, 1.82) is 0 Å². The molecule has 1 aromatic heterocycles. The van der Waals surface area contributed by atoms with Gasteiger partial charge in [-0.05, 0) is 47.0 Å². The first-order valence-corrected chi connectivity index (χ1v) is 14.9. The summed E-state index contributed by atoms with van der Waals surface area (Å²) in [7, 11) is 2.13. The van der Waals surface area contributed by atoms with Crippen LogP contribution in [0.15, 0.2) is 97.2 Å². The Bertz CT molecular complexity index is 1460. The van der Waals surface area contributed by atoms with E-state index >= 15 is 0 Å². The first-order valence-electron chi connectivity index (χ1n) is 14.9. The highest BCUT2D eigenvalue weighted by Gasteiger charge is 2.38. The molecule has 1 fully saturated rings. The summed E-state index contributed by atoms with van der Waals surface area (Å²) in [5.74, 6) is 0.0527. The van der Waals surface area contributed by atoms with Crippen LogP contribution in [0, 0.1) is 5.92 Å². The van der Waals surface area contributed by atoms with Crippen molar-refractivity contribution in [2.75, 3.05) is 20.1 Å². The van der Waals surface area contributed by atoms with Crippen LogP contribution in [-0.4, -0.2) is 47.1 Å². The highest BCUT2D eigenvalue weighted by atomic mass is 16.7. The molecular weight excluding hydrogens is 538 g/mol. The molecule has 4 aromatic rings. The topological polar surface area (TPSA) is 83.9 Å². The van der Waals surface area contributed by atoms with Crippen LogP contribution < -0.4 is 5.32 Å². The molecule has 0 saturated carbocycles. The fourth-order valence-electron chi connectivity index (χ4n) is 5.57. The standard InChI is InChI=1S/C36H41N3O4/c1-25-34(23-39(3)21-19-32-9-6-7-20-37-32)42-36(43-35(25)29-13-11-27(24-40)12-14-29)30-17-15-28(16-18-30)33-10-5-4-8-31(33)22-38-26(2)41/h4-18,20,25,34-36,40H,19,21-24H2,1-3H3,(H,38,41)/t25-,34+,35+,36+/m0/s1. The summed E-state index contributed by atoms with van der Waals surface area (Å²) in [5, 5.41) is 12.5. The fraction of sp³-hybridized carbons (Fsp3) is 0.333. The first kappa shape index (κ1) is 30.6. The minimum absolute atomic E-state index is 0.0110. The molecule has 3 aromatic carbocycles. The quantitative estimate of drug-likeness (QED) is 0.232. The molecule has 1 aliphatic heterocycles. The Hall–Kier alpha value is -3.88. The predicted molar refractivity (Wildman–Crippen MR) is 168 cm³/mol. The van der Waals surface area contributed by atoms with Gasteiger partial charge in [0.05, 0.1) is 18.8 Å². The lowest BCUT2D eigenvalue weighted by Gasteiger charge is -2.42. The number of rotatable bonds is 11. The molecule has 224 valence electrons. The van der Waals surface area contributed by atoms with Crippen molar-refractivity contribution in [1.82, 2.24) is 15.2 Å². The number of nitrogens with zero attached hydrogens (tertiary/aromatic N) is 2. The lowest BCUT2D eigenvalue weighted by Crippen LogP contribution is -2.43. The van der Waals surface area contributed by atoms with Gasteiger partial charge in [0, 0.05) is 56.4 Å². The number of ether oxygens (including phenoxy) is 2. The fourth-order valence-corrected chi connectivity index (χ4v) is 5.57. The number of hydrogen-bond acceptors (Lipinski definition) is 6. The zero-order valence-corrected chi connectivity index (χ0v) is 25.1. The second kappa shape index (κ2) is 14.5. The molecule has 0 bridgehead atoms. The highest BCUT2D eigenvalue weighted by Crippen LogP contribution is 2.42. The van der Waals surface area contributed by atoms with Crippen LogP contribution in [0.5, 0.6) is 0 Å². The van der Waals surface area contributed by atoms with Crippen molar-refractivity contribution in [2.24, 2.45) is 5.92 Å². The number of amides is 1. The maximum Gasteiger partial charge on any atom is 0.217 e. The number of aromatic nitrogens is 1. The van der Waals surface area contributed by atoms with E-state index in [2.05, 4.69) is 65.6 Å².